The third-order valence-electron chi connectivity index (χ3n) is 5.48. The van der Waals surface area contributed by atoms with Gasteiger partial charge in [0.1, 0.15) is 5.82 Å². The summed E-state index contributed by atoms with van der Waals surface area (Å²) in [6.45, 7) is 2.53. The highest BCUT2D eigenvalue weighted by atomic mass is 16.5. The zero-order valence-corrected chi connectivity index (χ0v) is 18.4. The second-order valence-corrected chi connectivity index (χ2v) is 7.30. The average molecular weight is 434 g/mol. The van der Waals surface area contributed by atoms with Crippen LogP contribution in [0.4, 0.5) is 5.82 Å². The summed E-state index contributed by atoms with van der Waals surface area (Å²) in [5, 5.41) is 0. The molecule has 0 atom stereocenters. The fourth-order valence-corrected chi connectivity index (χ4v) is 3.78. The largest absolute Gasteiger partial charge is 0.493 e. The number of methoxy groups -OCH3 is 3. The van der Waals surface area contributed by atoms with Crippen molar-refractivity contribution in [2.24, 2.45) is 0 Å². The van der Waals surface area contributed by atoms with E-state index in [2.05, 4.69) is 9.88 Å². The topological polar surface area (TPSA) is 77.0 Å². The Bertz CT molecular complexity index is 1060. The maximum atomic E-state index is 13.1. The number of piperazine rings is 1. The van der Waals surface area contributed by atoms with Crippen molar-refractivity contribution in [1.82, 2.24) is 14.9 Å². The molecule has 2 aromatic carbocycles. The standard InChI is InChI=1S/C24H26N4O4/c1-30-19-15-18(16-20(31-2)22(19)32-3)24(29)28-13-11-27(12-14-28)21-9-10-25-23(26-21)17-7-5-4-6-8-17/h4-10,15-16H,11-14H2,1-3H3. The molecule has 1 amide bonds. The number of anilines is 1. The zero-order valence-electron chi connectivity index (χ0n) is 18.4. The number of amides is 1. The molecule has 0 spiro atoms. The lowest BCUT2D eigenvalue weighted by Crippen LogP contribution is -2.49. The van der Waals surface area contributed by atoms with E-state index in [9.17, 15) is 4.79 Å². The first-order valence-corrected chi connectivity index (χ1v) is 10.4. The lowest BCUT2D eigenvalue weighted by Gasteiger charge is -2.35. The average Bonchev–Trinajstić information content (AvgIpc) is 2.88. The normalized spacial score (nSPS) is 13.6. The van der Waals surface area contributed by atoms with Crippen LogP contribution in [-0.4, -0.2) is 68.3 Å². The van der Waals surface area contributed by atoms with Crippen LogP contribution in [0.3, 0.4) is 0 Å². The summed E-state index contributed by atoms with van der Waals surface area (Å²) in [5.74, 6) is 2.87. The molecule has 0 unspecified atom stereocenters. The first kappa shape index (κ1) is 21.4. The summed E-state index contributed by atoms with van der Waals surface area (Å²) in [6, 6.07) is 15.2. The van der Waals surface area contributed by atoms with E-state index in [1.165, 1.54) is 21.3 Å². The Hall–Kier alpha value is -3.81. The first-order valence-electron chi connectivity index (χ1n) is 10.4. The highest BCUT2D eigenvalue weighted by Crippen LogP contribution is 2.38. The number of hydrogen-bond donors (Lipinski definition) is 0. The van der Waals surface area contributed by atoms with Crippen molar-refractivity contribution in [3.05, 3.63) is 60.3 Å². The fourth-order valence-electron chi connectivity index (χ4n) is 3.78. The van der Waals surface area contributed by atoms with Gasteiger partial charge in [0, 0.05) is 43.5 Å². The third kappa shape index (κ3) is 4.30. The van der Waals surface area contributed by atoms with Crippen LogP contribution < -0.4 is 19.1 Å². The number of hydrogen-bond acceptors (Lipinski definition) is 7. The zero-order chi connectivity index (χ0) is 22.5. The van der Waals surface area contributed by atoms with Crippen molar-refractivity contribution >= 4 is 11.7 Å². The minimum absolute atomic E-state index is 0.0726. The quantitative estimate of drug-likeness (QED) is 0.590. The van der Waals surface area contributed by atoms with Crippen LogP contribution in [0.1, 0.15) is 10.4 Å². The lowest BCUT2D eigenvalue weighted by molar-refractivity contribution is 0.0745. The van der Waals surface area contributed by atoms with Crippen LogP contribution in [-0.2, 0) is 0 Å². The molecule has 8 nitrogen and oxygen atoms in total. The maximum Gasteiger partial charge on any atom is 0.254 e. The van der Waals surface area contributed by atoms with E-state index in [1.54, 1.807) is 18.3 Å². The van der Waals surface area contributed by atoms with E-state index < -0.39 is 0 Å². The summed E-state index contributed by atoms with van der Waals surface area (Å²) in [6.07, 6.45) is 1.78. The number of ether oxygens (including phenoxy) is 3. The van der Waals surface area contributed by atoms with Crippen LogP contribution in [0.25, 0.3) is 11.4 Å². The van der Waals surface area contributed by atoms with Gasteiger partial charge in [0.25, 0.3) is 5.91 Å². The highest BCUT2D eigenvalue weighted by Gasteiger charge is 2.25. The molecule has 1 fully saturated rings. The Morgan fingerprint density at radius 3 is 2.12 bits per heavy atom. The summed E-state index contributed by atoms with van der Waals surface area (Å²) in [4.78, 5) is 26.3. The van der Waals surface area contributed by atoms with Gasteiger partial charge in [0.2, 0.25) is 5.75 Å². The van der Waals surface area contributed by atoms with Crippen molar-refractivity contribution in [2.45, 2.75) is 0 Å². The smallest absolute Gasteiger partial charge is 0.254 e. The number of rotatable bonds is 6. The number of aromatic nitrogens is 2. The van der Waals surface area contributed by atoms with E-state index in [0.29, 0.717) is 54.8 Å². The summed E-state index contributed by atoms with van der Waals surface area (Å²) < 4.78 is 16.1. The molecule has 1 aromatic heterocycles. The summed E-state index contributed by atoms with van der Waals surface area (Å²) in [7, 11) is 4.61. The van der Waals surface area contributed by atoms with E-state index in [1.807, 2.05) is 41.3 Å². The molecule has 3 aromatic rings. The highest BCUT2D eigenvalue weighted by molar-refractivity contribution is 5.95. The van der Waals surface area contributed by atoms with Crippen molar-refractivity contribution in [3.63, 3.8) is 0 Å². The molecular formula is C24H26N4O4. The van der Waals surface area contributed by atoms with Gasteiger partial charge in [0.15, 0.2) is 17.3 Å². The molecule has 4 rings (SSSR count). The van der Waals surface area contributed by atoms with Crippen molar-refractivity contribution in [2.75, 3.05) is 52.4 Å². The molecular weight excluding hydrogens is 408 g/mol. The van der Waals surface area contributed by atoms with E-state index >= 15 is 0 Å². The molecule has 0 radical (unpaired) electrons. The van der Waals surface area contributed by atoms with E-state index in [4.69, 9.17) is 19.2 Å². The molecule has 8 heteroatoms. The second-order valence-electron chi connectivity index (χ2n) is 7.30. The van der Waals surface area contributed by atoms with Crippen LogP contribution in [0.2, 0.25) is 0 Å². The summed E-state index contributed by atoms with van der Waals surface area (Å²) in [5.41, 5.74) is 1.48. The van der Waals surface area contributed by atoms with Crippen LogP contribution in [0, 0.1) is 0 Å². The van der Waals surface area contributed by atoms with Gasteiger partial charge in [-0.1, -0.05) is 30.3 Å². The van der Waals surface area contributed by atoms with Gasteiger partial charge in [-0.3, -0.25) is 4.79 Å². The molecule has 1 aliphatic rings. The molecule has 2 heterocycles. The Morgan fingerprint density at radius 2 is 1.53 bits per heavy atom. The Labute approximate surface area is 187 Å². The Kier molecular flexibility index (Phi) is 6.39. The van der Waals surface area contributed by atoms with Crippen LogP contribution in [0.15, 0.2) is 54.7 Å². The monoisotopic (exact) mass is 434 g/mol. The Balaban J connectivity index is 1.47. The van der Waals surface area contributed by atoms with Crippen LogP contribution in [0.5, 0.6) is 17.2 Å². The second kappa shape index (κ2) is 9.55. The fraction of sp³-hybridized carbons (Fsp3) is 0.292. The van der Waals surface area contributed by atoms with Gasteiger partial charge in [-0.05, 0) is 18.2 Å². The number of carbonyl (C=O) groups is 1. The van der Waals surface area contributed by atoms with Gasteiger partial charge in [-0.15, -0.1) is 0 Å². The molecule has 166 valence electrons. The molecule has 0 aliphatic carbocycles. The third-order valence-corrected chi connectivity index (χ3v) is 5.48. The van der Waals surface area contributed by atoms with Crippen molar-refractivity contribution < 1.29 is 19.0 Å². The van der Waals surface area contributed by atoms with Gasteiger partial charge in [-0.2, -0.15) is 0 Å². The lowest BCUT2D eigenvalue weighted by atomic mass is 10.1. The van der Waals surface area contributed by atoms with Gasteiger partial charge >= 0.3 is 0 Å². The van der Waals surface area contributed by atoms with Gasteiger partial charge in [-0.25, -0.2) is 9.97 Å². The molecule has 32 heavy (non-hydrogen) atoms. The predicted molar refractivity (Wildman–Crippen MR) is 122 cm³/mol. The van der Waals surface area contributed by atoms with Crippen molar-refractivity contribution in [1.29, 1.82) is 0 Å². The molecule has 0 bridgehead atoms. The van der Waals surface area contributed by atoms with E-state index in [0.717, 1.165) is 11.4 Å². The minimum Gasteiger partial charge on any atom is -0.493 e. The SMILES string of the molecule is COc1cc(C(=O)N2CCN(c3ccnc(-c4ccccc4)n3)CC2)cc(OC)c1OC. The summed E-state index contributed by atoms with van der Waals surface area (Å²) >= 11 is 0. The van der Waals surface area contributed by atoms with Crippen LogP contribution >= 0.6 is 0 Å². The molecule has 0 N–H and O–H groups in total. The molecule has 1 saturated heterocycles. The number of nitrogens with zero attached hydrogens (tertiary/aromatic N) is 4. The number of carbonyl (C=O) groups excluding carboxylic acids is 1. The molecule has 0 saturated carbocycles. The Morgan fingerprint density at radius 1 is 0.875 bits per heavy atom. The predicted octanol–water partition coefficient (Wildman–Crippen LogP) is 3.13. The maximum absolute atomic E-state index is 13.1. The van der Waals surface area contributed by atoms with Crippen molar-refractivity contribution in [3.8, 4) is 28.6 Å². The van der Waals surface area contributed by atoms with E-state index in [-0.39, 0.29) is 5.91 Å². The first-order chi connectivity index (χ1) is 15.6. The molecule has 1 aliphatic heterocycles. The minimum atomic E-state index is -0.0726. The van der Waals surface area contributed by atoms with Gasteiger partial charge < -0.3 is 24.0 Å². The number of benzene rings is 2. The van der Waals surface area contributed by atoms with Gasteiger partial charge in [0.05, 0.1) is 21.3 Å².